The highest BCUT2D eigenvalue weighted by Gasteiger charge is 2.32. The number of ether oxygens (including phenoxy) is 1. The molecule has 3 aromatic rings. The molecule has 6 heteroatoms. The summed E-state index contributed by atoms with van der Waals surface area (Å²) in [5.74, 6) is 0.133. The second-order valence-electron chi connectivity index (χ2n) is 8.18. The Balaban J connectivity index is 2.02. The molecule has 3 rings (SSSR count). The molecule has 0 aromatic heterocycles. The first-order valence-electron chi connectivity index (χ1n) is 10.6. The van der Waals surface area contributed by atoms with Gasteiger partial charge in [0.05, 0.1) is 10.6 Å². The minimum atomic E-state index is -4.13. The van der Waals surface area contributed by atoms with Crippen LogP contribution >= 0.6 is 0 Å². The lowest BCUT2D eigenvalue weighted by Crippen LogP contribution is -2.40. The van der Waals surface area contributed by atoms with Gasteiger partial charge < -0.3 is 4.74 Å². The molecule has 0 atom stereocenters. The molecular formula is C26H29NO4S. The van der Waals surface area contributed by atoms with Gasteiger partial charge >= 0.3 is 0 Å². The van der Waals surface area contributed by atoms with Crippen LogP contribution in [-0.2, 0) is 14.8 Å². The number of amides is 1. The van der Waals surface area contributed by atoms with Crippen molar-refractivity contribution >= 4 is 21.6 Å². The van der Waals surface area contributed by atoms with E-state index in [1.807, 2.05) is 58.9 Å². The molecule has 0 spiro atoms. The minimum absolute atomic E-state index is 0.0488. The monoisotopic (exact) mass is 451 g/mol. The standard InChI is InChI=1S/C26H29NO4S/c1-18(2)23-15-14-19(3)16-25(23)31-17-26(28)27(24-13-9-10-20(4)21(24)5)32(29,30)22-11-7-6-8-12-22/h6-16,18H,17H2,1-5H3. The van der Waals surface area contributed by atoms with Gasteiger partial charge in [-0.05, 0) is 73.2 Å². The molecule has 0 heterocycles. The van der Waals surface area contributed by atoms with Crippen LogP contribution in [0.25, 0.3) is 0 Å². The molecule has 3 aromatic carbocycles. The van der Waals surface area contributed by atoms with E-state index in [2.05, 4.69) is 0 Å². The van der Waals surface area contributed by atoms with Crippen molar-refractivity contribution in [1.29, 1.82) is 0 Å². The molecule has 168 valence electrons. The van der Waals surface area contributed by atoms with E-state index in [4.69, 9.17) is 4.74 Å². The fraction of sp³-hybridized carbons (Fsp3) is 0.269. The van der Waals surface area contributed by atoms with E-state index in [1.54, 1.807) is 30.3 Å². The molecule has 0 saturated heterocycles. The molecular weight excluding hydrogens is 422 g/mol. The summed E-state index contributed by atoms with van der Waals surface area (Å²) in [4.78, 5) is 13.4. The van der Waals surface area contributed by atoms with E-state index in [0.29, 0.717) is 11.4 Å². The molecule has 5 nitrogen and oxygen atoms in total. The highest BCUT2D eigenvalue weighted by molar-refractivity contribution is 7.93. The van der Waals surface area contributed by atoms with Crippen LogP contribution in [0.5, 0.6) is 5.75 Å². The lowest BCUT2D eigenvalue weighted by molar-refractivity contribution is -0.119. The summed E-state index contributed by atoms with van der Waals surface area (Å²) in [6.07, 6.45) is 0. The van der Waals surface area contributed by atoms with E-state index >= 15 is 0 Å². The third-order valence-electron chi connectivity index (χ3n) is 5.44. The Labute approximate surface area is 190 Å². The van der Waals surface area contributed by atoms with Crippen molar-refractivity contribution in [1.82, 2.24) is 0 Å². The van der Waals surface area contributed by atoms with Crippen molar-refractivity contribution < 1.29 is 17.9 Å². The predicted molar refractivity (Wildman–Crippen MR) is 128 cm³/mol. The van der Waals surface area contributed by atoms with Gasteiger partial charge in [0.1, 0.15) is 5.75 Å². The first kappa shape index (κ1) is 23.5. The summed E-state index contributed by atoms with van der Waals surface area (Å²) >= 11 is 0. The number of anilines is 1. The summed E-state index contributed by atoms with van der Waals surface area (Å²) in [6.45, 7) is 9.32. The Morgan fingerprint density at radius 2 is 1.62 bits per heavy atom. The second-order valence-corrected chi connectivity index (χ2v) is 9.97. The first-order valence-corrected chi connectivity index (χ1v) is 12.0. The van der Waals surface area contributed by atoms with Crippen molar-refractivity contribution in [3.05, 3.63) is 89.0 Å². The fourth-order valence-corrected chi connectivity index (χ4v) is 4.98. The maximum Gasteiger partial charge on any atom is 0.278 e. The van der Waals surface area contributed by atoms with Gasteiger partial charge in [-0.1, -0.05) is 56.3 Å². The molecule has 32 heavy (non-hydrogen) atoms. The zero-order valence-electron chi connectivity index (χ0n) is 19.1. The average molecular weight is 452 g/mol. The third-order valence-corrected chi connectivity index (χ3v) is 7.19. The molecule has 0 unspecified atom stereocenters. The smallest absolute Gasteiger partial charge is 0.278 e. The number of rotatable bonds is 7. The minimum Gasteiger partial charge on any atom is -0.483 e. The normalized spacial score (nSPS) is 11.4. The second kappa shape index (κ2) is 9.57. The van der Waals surface area contributed by atoms with Crippen LogP contribution in [0.2, 0.25) is 0 Å². The average Bonchev–Trinajstić information content (AvgIpc) is 2.75. The summed E-state index contributed by atoms with van der Waals surface area (Å²) < 4.78 is 33.8. The number of sulfonamides is 1. The van der Waals surface area contributed by atoms with Gasteiger partial charge in [0.15, 0.2) is 6.61 Å². The Morgan fingerprint density at radius 3 is 2.28 bits per heavy atom. The first-order chi connectivity index (χ1) is 15.1. The maximum absolute atomic E-state index is 13.5. The summed E-state index contributed by atoms with van der Waals surface area (Å²) in [6, 6.07) is 19.1. The number of carbonyl (C=O) groups is 1. The van der Waals surface area contributed by atoms with Gasteiger partial charge in [-0.25, -0.2) is 8.42 Å². The van der Waals surface area contributed by atoms with Crippen LogP contribution in [0, 0.1) is 20.8 Å². The lowest BCUT2D eigenvalue weighted by Gasteiger charge is -2.25. The number of aryl methyl sites for hydroxylation is 2. The number of nitrogens with zero attached hydrogens (tertiary/aromatic N) is 1. The number of hydrogen-bond donors (Lipinski definition) is 0. The largest absolute Gasteiger partial charge is 0.483 e. The van der Waals surface area contributed by atoms with Crippen LogP contribution < -0.4 is 9.04 Å². The Hall–Kier alpha value is -3.12. The van der Waals surface area contributed by atoms with Crippen LogP contribution in [0.15, 0.2) is 71.6 Å². The van der Waals surface area contributed by atoms with Gasteiger partial charge in [0.2, 0.25) is 0 Å². The van der Waals surface area contributed by atoms with E-state index < -0.39 is 22.5 Å². The predicted octanol–water partition coefficient (Wildman–Crippen LogP) is 5.54. The van der Waals surface area contributed by atoms with Crippen molar-refractivity contribution in [3.8, 4) is 5.75 Å². The maximum atomic E-state index is 13.5. The topological polar surface area (TPSA) is 63.7 Å². The third kappa shape index (κ3) is 4.86. The Morgan fingerprint density at radius 1 is 0.938 bits per heavy atom. The van der Waals surface area contributed by atoms with Crippen molar-refractivity contribution in [2.24, 2.45) is 0 Å². The van der Waals surface area contributed by atoms with Crippen molar-refractivity contribution in [2.45, 2.75) is 45.4 Å². The highest BCUT2D eigenvalue weighted by atomic mass is 32.2. The SMILES string of the molecule is Cc1ccc(C(C)C)c(OCC(=O)N(c2cccc(C)c2C)S(=O)(=O)c2ccccc2)c1. The molecule has 0 N–H and O–H groups in total. The zero-order valence-corrected chi connectivity index (χ0v) is 19.9. The van der Waals surface area contributed by atoms with Crippen molar-refractivity contribution in [3.63, 3.8) is 0 Å². The van der Waals surface area contributed by atoms with Crippen LogP contribution in [-0.4, -0.2) is 20.9 Å². The molecule has 0 bridgehead atoms. The van der Waals surface area contributed by atoms with Gasteiger partial charge in [0.25, 0.3) is 15.9 Å². The Bertz CT molecular complexity index is 1220. The number of benzene rings is 3. The van der Waals surface area contributed by atoms with Gasteiger partial charge in [-0.2, -0.15) is 4.31 Å². The van der Waals surface area contributed by atoms with Gasteiger partial charge in [-0.15, -0.1) is 0 Å². The highest BCUT2D eigenvalue weighted by Crippen LogP contribution is 2.30. The number of hydrogen-bond acceptors (Lipinski definition) is 4. The summed E-state index contributed by atoms with van der Waals surface area (Å²) in [5.41, 5.74) is 3.91. The fourth-order valence-electron chi connectivity index (χ4n) is 3.49. The van der Waals surface area contributed by atoms with Crippen LogP contribution in [0.4, 0.5) is 5.69 Å². The van der Waals surface area contributed by atoms with E-state index in [-0.39, 0.29) is 10.8 Å². The van der Waals surface area contributed by atoms with Crippen molar-refractivity contribution in [2.75, 3.05) is 10.9 Å². The van der Waals surface area contributed by atoms with Crippen LogP contribution in [0.1, 0.15) is 42.0 Å². The summed E-state index contributed by atoms with van der Waals surface area (Å²) in [7, 11) is -4.13. The molecule has 0 radical (unpaired) electrons. The zero-order chi connectivity index (χ0) is 23.5. The van der Waals surface area contributed by atoms with Crippen LogP contribution in [0.3, 0.4) is 0 Å². The van der Waals surface area contributed by atoms with Gasteiger partial charge in [0, 0.05) is 0 Å². The molecule has 0 fully saturated rings. The molecule has 0 aliphatic heterocycles. The number of carbonyl (C=O) groups excluding carboxylic acids is 1. The Kier molecular flexibility index (Phi) is 7.04. The summed E-state index contributed by atoms with van der Waals surface area (Å²) in [5, 5.41) is 0. The quantitative estimate of drug-likeness (QED) is 0.473. The molecule has 0 saturated carbocycles. The molecule has 0 aliphatic rings. The lowest BCUT2D eigenvalue weighted by atomic mass is 10.0. The van der Waals surface area contributed by atoms with Gasteiger partial charge in [-0.3, -0.25) is 4.79 Å². The van der Waals surface area contributed by atoms with E-state index in [9.17, 15) is 13.2 Å². The molecule has 1 amide bonds. The van der Waals surface area contributed by atoms with E-state index in [0.717, 1.165) is 26.6 Å². The van der Waals surface area contributed by atoms with E-state index in [1.165, 1.54) is 12.1 Å². The molecule has 0 aliphatic carbocycles.